The lowest BCUT2D eigenvalue weighted by molar-refractivity contribution is -0.134. The number of azo groups is 1. The Morgan fingerprint density at radius 1 is 1.05 bits per heavy atom. The molecule has 2 aromatic rings. The molecule has 1 saturated carbocycles. The van der Waals surface area contributed by atoms with Crippen LogP contribution in [0.2, 0.25) is 0 Å². The fourth-order valence-electron chi connectivity index (χ4n) is 6.62. The SMILES string of the molecule is Cc1ccc(C2=NC3(CCC(C(C)(C)C)CC3)N([C@H](CCC(C)(C)C)c3ccc(C(=O)NCC4=NCN=N4)cc3)C2=O)cn1. The van der Waals surface area contributed by atoms with Crippen molar-refractivity contribution in [3.63, 3.8) is 0 Å². The van der Waals surface area contributed by atoms with Crippen LogP contribution in [0.5, 0.6) is 0 Å². The first-order valence-corrected chi connectivity index (χ1v) is 15.9. The molecule has 1 N–H and O–H groups in total. The number of nitrogens with zero attached hydrogens (tertiary/aromatic N) is 6. The largest absolute Gasteiger partial charge is 0.345 e. The van der Waals surface area contributed by atoms with E-state index in [9.17, 15) is 9.59 Å². The molecular formula is C35H47N7O2. The Morgan fingerprint density at radius 2 is 1.75 bits per heavy atom. The van der Waals surface area contributed by atoms with Crippen LogP contribution in [0, 0.1) is 23.7 Å². The van der Waals surface area contributed by atoms with Gasteiger partial charge in [-0.15, -0.1) is 5.11 Å². The lowest BCUT2D eigenvalue weighted by atomic mass is 9.69. The predicted molar refractivity (Wildman–Crippen MR) is 174 cm³/mol. The molecule has 1 aromatic carbocycles. The third kappa shape index (κ3) is 6.97. The first-order valence-electron chi connectivity index (χ1n) is 15.9. The smallest absolute Gasteiger partial charge is 0.275 e. The molecule has 1 fully saturated rings. The van der Waals surface area contributed by atoms with Crippen molar-refractivity contribution in [2.75, 3.05) is 13.2 Å². The molecule has 1 spiro atoms. The summed E-state index contributed by atoms with van der Waals surface area (Å²) in [6, 6.07) is 11.4. The van der Waals surface area contributed by atoms with Crippen LogP contribution in [0.1, 0.15) is 113 Å². The van der Waals surface area contributed by atoms with E-state index in [1.54, 1.807) is 6.20 Å². The standard InChI is InChI=1S/C35H47N7O2/c1-23-8-9-26(20-36-23)30-32(44)42(35(40-30)18-14-27(15-19-35)34(5,6)7)28(16-17-33(2,3)4)24-10-12-25(13-11-24)31(43)37-21-29-38-22-39-41-29/h8-13,20,27-28H,14-19,21-22H2,1-7H3,(H,37,43)/t27?,28-,35?/m1/s1. The quantitative estimate of drug-likeness (QED) is 0.351. The van der Waals surface area contributed by atoms with E-state index < -0.39 is 5.66 Å². The van der Waals surface area contributed by atoms with Gasteiger partial charge in [0.2, 0.25) is 0 Å². The van der Waals surface area contributed by atoms with E-state index in [2.05, 4.69) is 72.0 Å². The van der Waals surface area contributed by atoms with Crippen LogP contribution in [0.4, 0.5) is 0 Å². The summed E-state index contributed by atoms with van der Waals surface area (Å²) in [5.41, 5.74) is 3.45. The molecule has 5 rings (SSSR count). The molecule has 0 bridgehead atoms. The fraction of sp³-hybridized carbons (Fsp3) is 0.571. The van der Waals surface area contributed by atoms with Crippen molar-refractivity contribution in [3.05, 3.63) is 65.0 Å². The van der Waals surface area contributed by atoms with E-state index in [1.807, 2.05) is 43.3 Å². The number of carbonyl (C=O) groups is 2. The molecule has 0 unspecified atom stereocenters. The number of aryl methyl sites for hydroxylation is 1. The molecule has 1 aliphatic carbocycles. The van der Waals surface area contributed by atoms with Crippen LogP contribution in [-0.4, -0.2) is 52.1 Å². The minimum absolute atomic E-state index is 0.0305. The molecule has 9 nitrogen and oxygen atoms in total. The Morgan fingerprint density at radius 3 is 2.32 bits per heavy atom. The molecule has 9 heteroatoms. The highest BCUT2D eigenvalue weighted by Crippen LogP contribution is 2.50. The average molecular weight is 598 g/mol. The number of benzene rings is 1. The third-order valence-corrected chi connectivity index (χ3v) is 9.33. The second-order valence-corrected chi connectivity index (χ2v) is 14.8. The highest BCUT2D eigenvalue weighted by molar-refractivity contribution is 6.46. The van der Waals surface area contributed by atoms with Gasteiger partial charge < -0.3 is 10.2 Å². The summed E-state index contributed by atoms with van der Waals surface area (Å²) < 4.78 is 0. The van der Waals surface area contributed by atoms with Gasteiger partial charge in [0.15, 0.2) is 12.5 Å². The summed E-state index contributed by atoms with van der Waals surface area (Å²) in [5, 5.41) is 10.6. The molecule has 0 saturated heterocycles. The van der Waals surface area contributed by atoms with Gasteiger partial charge in [0.05, 0.1) is 12.6 Å². The minimum Gasteiger partial charge on any atom is -0.345 e. The van der Waals surface area contributed by atoms with Gasteiger partial charge in [0, 0.05) is 23.0 Å². The third-order valence-electron chi connectivity index (χ3n) is 9.33. The normalized spacial score (nSPS) is 22.8. The maximum Gasteiger partial charge on any atom is 0.275 e. The summed E-state index contributed by atoms with van der Waals surface area (Å²) in [4.78, 5) is 43.5. The van der Waals surface area contributed by atoms with Crippen LogP contribution < -0.4 is 5.32 Å². The molecule has 0 radical (unpaired) electrons. The number of hydrogen-bond donors (Lipinski definition) is 1. The van der Waals surface area contributed by atoms with Crippen molar-refractivity contribution in [1.82, 2.24) is 15.2 Å². The van der Waals surface area contributed by atoms with Crippen LogP contribution in [0.15, 0.2) is 62.8 Å². The Balaban J connectivity index is 1.48. The summed E-state index contributed by atoms with van der Waals surface area (Å²) >= 11 is 0. The van der Waals surface area contributed by atoms with Crippen LogP contribution in [0.25, 0.3) is 0 Å². The van der Waals surface area contributed by atoms with E-state index >= 15 is 0 Å². The molecule has 1 aromatic heterocycles. The van der Waals surface area contributed by atoms with Crippen LogP contribution in [0.3, 0.4) is 0 Å². The Labute approximate surface area is 261 Å². The second kappa shape index (κ2) is 12.3. The van der Waals surface area contributed by atoms with Crippen molar-refractivity contribution in [2.45, 2.75) is 98.7 Å². The first-order chi connectivity index (χ1) is 20.8. The van der Waals surface area contributed by atoms with Crippen molar-refractivity contribution in [3.8, 4) is 0 Å². The first kappa shape index (κ1) is 31.7. The van der Waals surface area contributed by atoms with Gasteiger partial charge in [-0.3, -0.25) is 19.6 Å². The molecule has 44 heavy (non-hydrogen) atoms. The zero-order valence-corrected chi connectivity index (χ0v) is 27.4. The molecule has 234 valence electrons. The monoisotopic (exact) mass is 597 g/mol. The van der Waals surface area contributed by atoms with Gasteiger partial charge in [-0.05, 0) is 92.0 Å². The number of pyridine rings is 1. The van der Waals surface area contributed by atoms with Gasteiger partial charge in [0.1, 0.15) is 11.4 Å². The zero-order chi connectivity index (χ0) is 31.7. The van der Waals surface area contributed by atoms with Crippen molar-refractivity contribution in [1.29, 1.82) is 0 Å². The summed E-state index contributed by atoms with van der Waals surface area (Å²) in [6.07, 6.45) is 7.21. The Hall–Kier alpha value is -3.75. The summed E-state index contributed by atoms with van der Waals surface area (Å²) in [6.45, 7) is 16.2. The maximum atomic E-state index is 14.5. The number of aliphatic imine (C=N–C) groups is 2. The second-order valence-electron chi connectivity index (χ2n) is 14.8. The number of aromatic nitrogens is 1. The Kier molecular flexibility index (Phi) is 8.87. The fourth-order valence-corrected chi connectivity index (χ4v) is 6.62. The van der Waals surface area contributed by atoms with Crippen molar-refractivity contribution in [2.24, 2.45) is 37.0 Å². The van der Waals surface area contributed by atoms with E-state index in [0.29, 0.717) is 29.7 Å². The predicted octanol–water partition coefficient (Wildman–Crippen LogP) is 7.07. The minimum atomic E-state index is -0.603. The highest BCUT2D eigenvalue weighted by atomic mass is 16.2. The number of amides is 2. The van der Waals surface area contributed by atoms with E-state index in [-0.39, 0.29) is 35.2 Å². The van der Waals surface area contributed by atoms with Crippen LogP contribution in [-0.2, 0) is 4.79 Å². The van der Waals surface area contributed by atoms with E-state index in [4.69, 9.17) is 4.99 Å². The Bertz CT molecular complexity index is 1450. The molecular weight excluding hydrogens is 550 g/mol. The average Bonchev–Trinajstić information content (AvgIpc) is 3.59. The van der Waals surface area contributed by atoms with Crippen LogP contribution >= 0.6 is 0 Å². The maximum absolute atomic E-state index is 14.5. The number of hydrogen-bond acceptors (Lipinski definition) is 7. The van der Waals surface area contributed by atoms with Gasteiger partial charge >= 0.3 is 0 Å². The van der Waals surface area contributed by atoms with Gasteiger partial charge in [-0.25, -0.2) is 4.99 Å². The number of rotatable bonds is 8. The topological polar surface area (TPSA) is 112 Å². The van der Waals surface area contributed by atoms with Crippen molar-refractivity contribution < 1.29 is 9.59 Å². The summed E-state index contributed by atoms with van der Waals surface area (Å²) in [5.74, 6) is 0.875. The molecule has 3 heterocycles. The number of carbonyl (C=O) groups excluding carboxylic acids is 2. The lowest BCUT2D eigenvalue weighted by Crippen LogP contribution is -2.51. The molecule has 1 atom stereocenters. The van der Waals surface area contributed by atoms with Crippen molar-refractivity contribution >= 4 is 23.4 Å². The number of amidine groups is 1. The molecule has 3 aliphatic rings. The molecule has 2 amide bonds. The zero-order valence-electron chi connectivity index (χ0n) is 27.4. The van der Waals surface area contributed by atoms with E-state index in [0.717, 1.165) is 55.3 Å². The summed E-state index contributed by atoms with van der Waals surface area (Å²) in [7, 11) is 0. The van der Waals surface area contributed by atoms with Gasteiger partial charge in [0.25, 0.3) is 11.8 Å². The van der Waals surface area contributed by atoms with Gasteiger partial charge in [-0.1, -0.05) is 53.7 Å². The van der Waals surface area contributed by atoms with E-state index in [1.165, 1.54) is 0 Å². The number of nitrogens with one attached hydrogen (secondary N) is 1. The highest BCUT2D eigenvalue weighted by Gasteiger charge is 2.52. The van der Waals surface area contributed by atoms with Gasteiger partial charge in [-0.2, -0.15) is 5.11 Å². The lowest BCUT2D eigenvalue weighted by Gasteiger charge is -2.47. The molecule has 2 aliphatic heterocycles.